The van der Waals surface area contributed by atoms with Crippen LogP contribution in [0.5, 0.6) is 17.2 Å². The number of hydrogen-bond acceptors (Lipinski definition) is 7. The van der Waals surface area contributed by atoms with Crippen molar-refractivity contribution in [2.24, 2.45) is 7.05 Å². The van der Waals surface area contributed by atoms with Crippen LogP contribution in [-0.4, -0.2) is 45.5 Å². The molecule has 1 aromatic heterocycles. The van der Waals surface area contributed by atoms with E-state index in [1.165, 1.54) is 11.7 Å². The number of benzene rings is 2. The van der Waals surface area contributed by atoms with Gasteiger partial charge in [-0.25, -0.2) is 4.79 Å². The molecule has 2 aromatic carbocycles. The number of rotatable bonds is 9. The number of carbonyl (C=O) groups excluding carboxylic acids is 1. The molecule has 10 nitrogen and oxygen atoms in total. The first kappa shape index (κ1) is 21.9. The van der Waals surface area contributed by atoms with Gasteiger partial charge in [-0.15, -0.1) is 0 Å². The summed E-state index contributed by atoms with van der Waals surface area (Å²) >= 11 is 0. The number of tetrazole rings is 1. The van der Waals surface area contributed by atoms with Crippen molar-refractivity contribution in [3.05, 3.63) is 52.4 Å². The van der Waals surface area contributed by atoms with E-state index in [4.69, 9.17) is 14.2 Å². The topological polar surface area (TPSA) is 110 Å². The molecule has 0 aliphatic rings. The SMILES string of the molecule is CCOc1cc(C(=O)Nc2ccc(-n3nnn(C)c3=O)cc2)cc(OCC)c1OCC. The second-order valence-electron chi connectivity index (χ2n) is 6.40. The zero-order valence-corrected chi connectivity index (χ0v) is 17.9. The molecule has 0 aliphatic carbocycles. The van der Waals surface area contributed by atoms with Crippen molar-refractivity contribution in [2.45, 2.75) is 20.8 Å². The lowest BCUT2D eigenvalue weighted by Crippen LogP contribution is -2.21. The van der Waals surface area contributed by atoms with E-state index in [1.54, 1.807) is 36.4 Å². The second kappa shape index (κ2) is 9.79. The lowest BCUT2D eigenvalue weighted by atomic mass is 10.1. The molecule has 0 aliphatic heterocycles. The van der Waals surface area contributed by atoms with Crippen LogP contribution in [-0.2, 0) is 7.05 Å². The number of hydrogen-bond donors (Lipinski definition) is 1. The third-order valence-electron chi connectivity index (χ3n) is 4.26. The molecular weight excluding hydrogens is 402 g/mol. The molecule has 0 fully saturated rings. The van der Waals surface area contributed by atoms with Gasteiger partial charge in [0, 0.05) is 18.3 Å². The smallest absolute Gasteiger partial charge is 0.368 e. The van der Waals surface area contributed by atoms with Gasteiger partial charge in [-0.1, -0.05) is 0 Å². The summed E-state index contributed by atoms with van der Waals surface area (Å²) in [4.78, 5) is 24.8. The van der Waals surface area contributed by atoms with Gasteiger partial charge in [-0.05, 0) is 67.6 Å². The maximum Gasteiger partial charge on any atom is 0.368 e. The molecule has 0 unspecified atom stereocenters. The largest absolute Gasteiger partial charge is 0.490 e. The Morgan fingerprint density at radius 1 is 0.935 bits per heavy atom. The summed E-state index contributed by atoms with van der Waals surface area (Å²) in [6, 6.07) is 9.94. The molecule has 1 N–H and O–H groups in total. The van der Waals surface area contributed by atoms with Gasteiger partial charge in [-0.2, -0.15) is 9.36 Å². The molecule has 31 heavy (non-hydrogen) atoms. The highest BCUT2D eigenvalue weighted by atomic mass is 16.5. The van der Waals surface area contributed by atoms with E-state index in [0.717, 1.165) is 4.68 Å². The first-order chi connectivity index (χ1) is 15.0. The Balaban J connectivity index is 1.85. The van der Waals surface area contributed by atoms with E-state index in [-0.39, 0.29) is 11.6 Å². The van der Waals surface area contributed by atoms with Crippen LogP contribution in [0.2, 0.25) is 0 Å². The molecule has 0 spiro atoms. The summed E-state index contributed by atoms with van der Waals surface area (Å²) in [7, 11) is 1.52. The first-order valence-corrected chi connectivity index (χ1v) is 9.95. The average molecular weight is 427 g/mol. The van der Waals surface area contributed by atoms with Gasteiger partial charge in [-0.3, -0.25) is 4.79 Å². The number of aryl methyl sites for hydroxylation is 1. The van der Waals surface area contributed by atoms with Gasteiger partial charge in [0.2, 0.25) is 5.75 Å². The van der Waals surface area contributed by atoms with Gasteiger partial charge in [0.05, 0.1) is 25.5 Å². The first-order valence-electron chi connectivity index (χ1n) is 9.95. The van der Waals surface area contributed by atoms with E-state index in [9.17, 15) is 9.59 Å². The molecule has 1 heterocycles. The minimum absolute atomic E-state index is 0.339. The Bertz CT molecular complexity index is 1080. The van der Waals surface area contributed by atoms with Crippen molar-refractivity contribution in [2.75, 3.05) is 25.1 Å². The molecule has 0 saturated carbocycles. The van der Waals surface area contributed by atoms with Crippen molar-refractivity contribution in [1.29, 1.82) is 0 Å². The lowest BCUT2D eigenvalue weighted by molar-refractivity contribution is 0.102. The van der Waals surface area contributed by atoms with Crippen LogP contribution in [0.15, 0.2) is 41.2 Å². The van der Waals surface area contributed by atoms with Gasteiger partial charge in [0.15, 0.2) is 11.5 Å². The Kier molecular flexibility index (Phi) is 6.91. The highest BCUT2D eigenvalue weighted by Gasteiger charge is 2.18. The minimum atomic E-state index is -0.363. The van der Waals surface area contributed by atoms with E-state index in [0.29, 0.717) is 54.0 Å². The quantitative estimate of drug-likeness (QED) is 0.558. The summed E-state index contributed by atoms with van der Waals surface area (Å²) in [6.45, 7) is 6.84. The number of anilines is 1. The zero-order chi connectivity index (χ0) is 22.4. The van der Waals surface area contributed by atoms with Crippen LogP contribution in [0.3, 0.4) is 0 Å². The van der Waals surface area contributed by atoms with Crippen LogP contribution >= 0.6 is 0 Å². The van der Waals surface area contributed by atoms with Crippen molar-refractivity contribution < 1.29 is 19.0 Å². The Labute approximate surface area is 179 Å². The van der Waals surface area contributed by atoms with Gasteiger partial charge in [0.25, 0.3) is 5.91 Å². The van der Waals surface area contributed by atoms with E-state index in [1.807, 2.05) is 20.8 Å². The molecule has 0 radical (unpaired) electrons. The van der Waals surface area contributed by atoms with E-state index >= 15 is 0 Å². The van der Waals surface area contributed by atoms with Gasteiger partial charge >= 0.3 is 5.69 Å². The van der Waals surface area contributed by atoms with Crippen LogP contribution in [0.25, 0.3) is 5.69 Å². The number of amides is 1. The number of ether oxygens (including phenoxy) is 3. The highest BCUT2D eigenvalue weighted by Crippen LogP contribution is 2.39. The van der Waals surface area contributed by atoms with Gasteiger partial charge < -0.3 is 19.5 Å². The van der Waals surface area contributed by atoms with Crippen molar-refractivity contribution in [3.8, 4) is 22.9 Å². The standard InChI is InChI=1S/C21H25N5O5/c1-5-29-17-12-14(13-18(30-6-2)19(17)31-7-3)20(27)22-15-8-10-16(11-9-15)26-21(28)25(4)23-24-26/h8-13H,5-7H2,1-4H3,(H,22,27). The molecule has 0 bridgehead atoms. The summed E-state index contributed by atoms with van der Waals surface area (Å²) in [5.41, 5.74) is 1.09. The minimum Gasteiger partial charge on any atom is -0.490 e. The Morgan fingerprint density at radius 3 is 2.00 bits per heavy atom. The van der Waals surface area contributed by atoms with Crippen LogP contribution < -0.4 is 25.2 Å². The highest BCUT2D eigenvalue weighted by molar-refractivity contribution is 6.05. The molecule has 3 aromatic rings. The molecule has 164 valence electrons. The monoisotopic (exact) mass is 427 g/mol. The van der Waals surface area contributed by atoms with E-state index < -0.39 is 0 Å². The van der Waals surface area contributed by atoms with Crippen LogP contribution in [0.1, 0.15) is 31.1 Å². The fourth-order valence-corrected chi connectivity index (χ4v) is 2.88. The predicted octanol–water partition coefficient (Wildman–Crippen LogP) is 2.41. The maximum atomic E-state index is 12.9. The number of nitrogens with one attached hydrogen (secondary N) is 1. The summed E-state index contributed by atoms with van der Waals surface area (Å²) in [5.74, 6) is 1.02. The number of aromatic nitrogens is 4. The lowest BCUT2D eigenvalue weighted by Gasteiger charge is -2.17. The van der Waals surface area contributed by atoms with Gasteiger partial charge in [0.1, 0.15) is 0 Å². The van der Waals surface area contributed by atoms with Crippen LogP contribution in [0, 0.1) is 0 Å². The fraction of sp³-hybridized carbons (Fsp3) is 0.333. The predicted molar refractivity (Wildman–Crippen MR) is 115 cm³/mol. The molecule has 0 saturated heterocycles. The molecule has 1 amide bonds. The van der Waals surface area contributed by atoms with Crippen molar-refractivity contribution in [3.63, 3.8) is 0 Å². The molecule has 3 rings (SSSR count). The second-order valence-corrected chi connectivity index (χ2v) is 6.40. The normalized spacial score (nSPS) is 10.6. The number of carbonyl (C=O) groups is 1. The fourth-order valence-electron chi connectivity index (χ4n) is 2.88. The number of nitrogens with zero attached hydrogens (tertiary/aromatic N) is 4. The molecule has 0 atom stereocenters. The van der Waals surface area contributed by atoms with Crippen LogP contribution in [0.4, 0.5) is 5.69 Å². The van der Waals surface area contributed by atoms with Crippen molar-refractivity contribution in [1.82, 2.24) is 19.8 Å². The Morgan fingerprint density at radius 2 is 1.52 bits per heavy atom. The third-order valence-corrected chi connectivity index (χ3v) is 4.26. The maximum absolute atomic E-state index is 12.9. The Hall–Kier alpha value is -3.82. The molecular formula is C21H25N5O5. The van der Waals surface area contributed by atoms with Crippen molar-refractivity contribution >= 4 is 11.6 Å². The summed E-state index contributed by atoms with van der Waals surface area (Å²) < 4.78 is 19.3. The zero-order valence-electron chi connectivity index (χ0n) is 17.9. The summed E-state index contributed by atoms with van der Waals surface area (Å²) in [6.07, 6.45) is 0. The summed E-state index contributed by atoms with van der Waals surface area (Å²) in [5, 5.41) is 10.3. The third kappa shape index (κ3) is 4.85. The average Bonchev–Trinajstić information content (AvgIpc) is 3.09. The molecule has 10 heteroatoms. The van der Waals surface area contributed by atoms with E-state index in [2.05, 4.69) is 15.7 Å².